The highest BCUT2D eigenvalue weighted by Crippen LogP contribution is 2.14. The number of hydrogen-bond acceptors (Lipinski definition) is 3. The Bertz CT molecular complexity index is 426. The third-order valence-corrected chi connectivity index (χ3v) is 4.07. The molecule has 3 heteroatoms. The summed E-state index contributed by atoms with van der Waals surface area (Å²) in [6, 6.07) is 0. The second-order valence-electron chi connectivity index (χ2n) is 6.37. The summed E-state index contributed by atoms with van der Waals surface area (Å²) in [6.45, 7) is 7.64. The van der Waals surface area contributed by atoms with Crippen molar-refractivity contribution < 1.29 is 14.3 Å². The molecule has 3 nitrogen and oxygen atoms in total. The van der Waals surface area contributed by atoms with Crippen molar-refractivity contribution in [3.63, 3.8) is 0 Å². The van der Waals surface area contributed by atoms with Gasteiger partial charge in [0, 0.05) is 6.61 Å². The molecule has 1 aliphatic rings. The lowest BCUT2D eigenvalue weighted by atomic mass is 10.1. The lowest BCUT2D eigenvalue weighted by molar-refractivity contribution is -0.155. The number of hydrogen-bond donors (Lipinski definition) is 0. The summed E-state index contributed by atoms with van der Waals surface area (Å²) < 4.78 is 11.3. The van der Waals surface area contributed by atoms with Gasteiger partial charge in [0.05, 0.1) is 6.61 Å². The molecule has 130 valence electrons. The van der Waals surface area contributed by atoms with Crippen LogP contribution in [0.4, 0.5) is 0 Å². The van der Waals surface area contributed by atoms with Crippen LogP contribution >= 0.6 is 0 Å². The molecule has 0 aromatic heterocycles. The van der Waals surface area contributed by atoms with Crippen LogP contribution in [0.5, 0.6) is 0 Å². The minimum Gasteiger partial charge on any atom is -0.353 e. The van der Waals surface area contributed by atoms with E-state index in [0.29, 0.717) is 6.61 Å². The summed E-state index contributed by atoms with van der Waals surface area (Å²) >= 11 is 0. The van der Waals surface area contributed by atoms with E-state index in [9.17, 15) is 4.79 Å². The summed E-state index contributed by atoms with van der Waals surface area (Å²) in [6.07, 6.45) is 14.8. The second kappa shape index (κ2) is 12.3. The second-order valence-corrected chi connectivity index (χ2v) is 6.37. The van der Waals surface area contributed by atoms with Gasteiger partial charge in [-0.2, -0.15) is 0 Å². The first-order chi connectivity index (χ1) is 11.1. The Kier molecular flexibility index (Phi) is 10.6. The van der Waals surface area contributed by atoms with Gasteiger partial charge in [-0.25, -0.2) is 0 Å². The van der Waals surface area contributed by atoms with E-state index in [1.54, 1.807) is 0 Å². The van der Waals surface area contributed by atoms with Crippen molar-refractivity contribution in [2.75, 3.05) is 13.2 Å². The number of carbonyl (C=O) groups is 1. The fourth-order valence-electron chi connectivity index (χ4n) is 2.47. The van der Waals surface area contributed by atoms with Gasteiger partial charge in [-0.3, -0.25) is 4.79 Å². The standard InChI is InChI=1S/C20H32O3/c1-17(9-7-11-19(3)16-21)8-6-10-18(2)13-15-23-20-12-4-5-14-22-20/h8,11,13,16,20H,4-7,9-10,12,14-15H2,1-3H3/b17-8+,18-13+,19-11+. The van der Waals surface area contributed by atoms with E-state index in [-0.39, 0.29) is 6.29 Å². The van der Waals surface area contributed by atoms with Crippen molar-refractivity contribution in [2.45, 2.75) is 72.0 Å². The summed E-state index contributed by atoms with van der Waals surface area (Å²) in [5.41, 5.74) is 3.57. The molecule has 0 aromatic carbocycles. The van der Waals surface area contributed by atoms with Crippen molar-refractivity contribution in [3.05, 3.63) is 34.9 Å². The highest BCUT2D eigenvalue weighted by Gasteiger charge is 2.12. The molecule has 0 bridgehead atoms. The van der Waals surface area contributed by atoms with Gasteiger partial charge in [0.15, 0.2) is 6.29 Å². The molecule has 0 aliphatic carbocycles. The minimum absolute atomic E-state index is 0.00202. The molecular formula is C20H32O3. The molecule has 0 saturated carbocycles. The summed E-state index contributed by atoms with van der Waals surface area (Å²) in [4.78, 5) is 10.5. The van der Waals surface area contributed by atoms with Crippen LogP contribution < -0.4 is 0 Å². The number of carbonyl (C=O) groups excluding carboxylic acids is 1. The van der Waals surface area contributed by atoms with Gasteiger partial charge in [-0.1, -0.05) is 29.4 Å². The Balaban J connectivity index is 2.15. The molecular weight excluding hydrogens is 288 g/mol. The van der Waals surface area contributed by atoms with Crippen LogP contribution in [-0.2, 0) is 14.3 Å². The van der Waals surface area contributed by atoms with E-state index in [1.165, 1.54) is 17.6 Å². The Hall–Kier alpha value is -1.19. The molecule has 0 aromatic rings. The maximum Gasteiger partial charge on any atom is 0.157 e. The fraction of sp³-hybridized carbons (Fsp3) is 0.650. The third-order valence-electron chi connectivity index (χ3n) is 4.07. The van der Waals surface area contributed by atoms with Gasteiger partial charge in [0.1, 0.15) is 6.29 Å². The molecule has 1 heterocycles. The molecule has 1 atom stereocenters. The third kappa shape index (κ3) is 10.2. The summed E-state index contributed by atoms with van der Waals surface area (Å²) in [7, 11) is 0. The zero-order valence-electron chi connectivity index (χ0n) is 15.0. The van der Waals surface area contributed by atoms with E-state index >= 15 is 0 Å². The molecule has 0 radical (unpaired) electrons. The van der Waals surface area contributed by atoms with Crippen LogP contribution in [0, 0.1) is 0 Å². The van der Waals surface area contributed by atoms with Crippen LogP contribution in [0.15, 0.2) is 34.9 Å². The minimum atomic E-state index is -0.00202. The number of rotatable bonds is 10. The number of ether oxygens (including phenoxy) is 2. The normalized spacial score (nSPS) is 20.7. The van der Waals surface area contributed by atoms with Gasteiger partial charge in [-0.05, 0) is 71.3 Å². The molecule has 0 spiro atoms. The van der Waals surface area contributed by atoms with E-state index in [4.69, 9.17) is 9.47 Å². The van der Waals surface area contributed by atoms with E-state index in [0.717, 1.165) is 57.0 Å². The zero-order chi connectivity index (χ0) is 16.9. The van der Waals surface area contributed by atoms with Crippen LogP contribution in [-0.4, -0.2) is 25.8 Å². The Morgan fingerprint density at radius 3 is 2.39 bits per heavy atom. The van der Waals surface area contributed by atoms with Crippen LogP contribution in [0.2, 0.25) is 0 Å². The Morgan fingerprint density at radius 2 is 1.74 bits per heavy atom. The van der Waals surface area contributed by atoms with Crippen molar-refractivity contribution >= 4 is 6.29 Å². The van der Waals surface area contributed by atoms with Crippen LogP contribution in [0.1, 0.15) is 65.7 Å². The predicted molar refractivity (Wildman–Crippen MR) is 95.3 cm³/mol. The first-order valence-electron chi connectivity index (χ1n) is 8.78. The molecule has 1 unspecified atom stereocenters. The first-order valence-corrected chi connectivity index (χ1v) is 8.78. The molecule has 0 amide bonds. The quantitative estimate of drug-likeness (QED) is 0.318. The first kappa shape index (κ1) is 19.9. The summed E-state index contributed by atoms with van der Waals surface area (Å²) in [5, 5.41) is 0. The highest BCUT2D eigenvalue weighted by molar-refractivity contribution is 5.71. The van der Waals surface area contributed by atoms with E-state index in [1.807, 2.05) is 13.0 Å². The van der Waals surface area contributed by atoms with Gasteiger partial charge >= 0.3 is 0 Å². The maximum atomic E-state index is 10.5. The van der Waals surface area contributed by atoms with Gasteiger partial charge in [0.2, 0.25) is 0 Å². The topological polar surface area (TPSA) is 35.5 Å². The van der Waals surface area contributed by atoms with Crippen molar-refractivity contribution in [1.29, 1.82) is 0 Å². The molecule has 1 fully saturated rings. The van der Waals surface area contributed by atoms with E-state index < -0.39 is 0 Å². The predicted octanol–water partition coefficient (Wildman–Crippen LogP) is 5.13. The van der Waals surface area contributed by atoms with Crippen molar-refractivity contribution in [1.82, 2.24) is 0 Å². The Labute approximate surface area is 141 Å². The molecule has 0 N–H and O–H groups in total. The van der Waals surface area contributed by atoms with Crippen molar-refractivity contribution in [3.8, 4) is 0 Å². The molecule has 1 saturated heterocycles. The average molecular weight is 320 g/mol. The van der Waals surface area contributed by atoms with Crippen LogP contribution in [0.25, 0.3) is 0 Å². The number of allylic oxidation sites excluding steroid dienone is 5. The van der Waals surface area contributed by atoms with Gasteiger partial charge in [-0.15, -0.1) is 0 Å². The van der Waals surface area contributed by atoms with Crippen LogP contribution in [0.3, 0.4) is 0 Å². The van der Waals surface area contributed by atoms with E-state index in [2.05, 4.69) is 26.0 Å². The fourth-order valence-corrected chi connectivity index (χ4v) is 2.47. The number of aldehydes is 1. The Morgan fingerprint density at radius 1 is 1.04 bits per heavy atom. The molecule has 23 heavy (non-hydrogen) atoms. The highest BCUT2D eigenvalue weighted by atomic mass is 16.7. The zero-order valence-corrected chi connectivity index (χ0v) is 15.0. The lowest BCUT2D eigenvalue weighted by Gasteiger charge is -2.22. The average Bonchev–Trinajstić information content (AvgIpc) is 2.55. The smallest absolute Gasteiger partial charge is 0.157 e. The van der Waals surface area contributed by atoms with Gasteiger partial charge < -0.3 is 9.47 Å². The summed E-state index contributed by atoms with van der Waals surface area (Å²) in [5.74, 6) is 0. The lowest BCUT2D eigenvalue weighted by Crippen LogP contribution is -2.22. The largest absolute Gasteiger partial charge is 0.353 e. The maximum absolute atomic E-state index is 10.5. The molecule has 1 aliphatic heterocycles. The van der Waals surface area contributed by atoms with Crippen molar-refractivity contribution in [2.24, 2.45) is 0 Å². The molecule has 1 rings (SSSR count). The monoisotopic (exact) mass is 320 g/mol. The van der Waals surface area contributed by atoms with Gasteiger partial charge in [0.25, 0.3) is 0 Å². The SMILES string of the molecule is C/C(C=O)=C\CC/C(C)=C/CC/C(C)=C/COC1CCCCO1.